The summed E-state index contributed by atoms with van der Waals surface area (Å²) in [5.41, 5.74) is 2.99. The number of carbonyl (C=O) groups excluding carboxylic acids is 3. The topological polar surface area (TPSA) is 112 Å². The van der Waals surface area contributed by atoms with Crippen molar-refractivity contribution >= 4 is 41.0 Å². The van der Waals surface area contributed by atoms with Gasteiger partial charge in [-0.1, -0.05) is 17.7 Å². The molecule has 1 aromatic heterocycles. The van der Waals surface area contributed by atoms with Crippen molar-refractivity contribution in [1.82, 2.24) is 10.3 Å². The van der Waals surface area contributed by atoms with Gasteiger partial charge in [-0.3, -0.25) is 14.4 Å². The van der Waals surface area contributed by atoms with Gasteiger partial charge >= 0.3 is 0 Å². The summed E-state index contributed by atoms with van der Waals surface area (Å²) >= 11 is 5.81. The third-order valence-corrected chi connectivity index (χ3v) is 5.80. The molecule has 9 heteroatoms. The van der Waals surface area contributed by atoms with Crippen LogP contribution in [0.1, 0.15) is 45.9 Å². The summed E-state index contributed by atoms with van der Waals surface area (Å²) in [5, 5.41) is 13.0. The largest absolute Gasteiger partial charge is 0.360 e. The number of nitrogens with zero attached hydrogens (tertiary/aromatic N) is 1. The van der Waals surface area contributed by atoms with E-state index in [4.69, 9.17) is 17.0 Å². The number of amides is 1. The number of hydrogen-bond acceptors (Lipinski definition) is 6. The van der Waals surface area contributed by atoms with Gasteiger partial charge in [0.1, 0.15) is 17.4 Å². The third kappa shape index (κ3) is 5.70. The number of pyridine rings is 1. The molecular formula is C24H24ClFN4O3. The molecule has 1 fully saturated rings. The number of Topliss-reactive ketones (excluding diaryl/α,β-unsaturated/α-hetero) is 2. The summed E-state index contributed by atoms with van der Waals surface area (Å²) in [7, 11) is 0. The molecule has 2 atom stereocenters. The van der Waals surface area contributed by atoms with Gasteiger partial charge in [-0.05, 0) is 61.2 Å². The summed E-state index contributed by atoms with van der Waals surface area (Å²) < 4.78 is 13.2. The van der Waals surface area contributed by atoms with E-state index in [1.165, 1.54) is 18.3 Å². The summed E-state index contributed by atoms with van der Waals surface area (Å²) in [6.45, 7) is 3.86. The summed E-state index contributed by atoms with van der Waals surface area (Å²) in [6, 6.07) is 7.59. The van der Waals surface area contributed by atoms with Gasteiger partial charge in [-0.2, -0.15) is 4.39 Å². The Morgan fingerprint density at radius 2 is 1.97 bits per heavy atom. The maximum Gasteiger partial charge on any atom is 0.269 e. The van der Waals surface area contributed by atoms with Crippen molar-refractivity contribution in [2.24, 2.45) is 5.92 Å². The highest BCUT2D eigenvalue weighted by atomic mass is 35.5. The Bertz CT molecular complexity index is 1130. The number of allylic oxidation sites excluding steroid dienone is 1. The first-order chi connectivity index (χ1) is 15.7. The Kier molecular flexibility index (Phi) is 7.71. The van der Waals surface area contributed by atoms with Crippen LogP contribution in [0.25, 0.3) is 0 Å². The van der Waals surface area contributed by atoms with E-state index >= 15 is 0 Å². The van der Waals surface area contributed by atoms with Crippen LogP contribution in [0.2, 0.25) is 0 Å². The van der Waals surface area contributed by atoms with E-state index in [-0.39, 0.29) is 35.3 Å². The highest BCUT2D eigenvalue weighted by Crippen LogP contribution is 2.38. The van der Waals surface area contributed by atoms with Gasteiger partial charge in [-0.25, -0.2) is 4.98 Å². The molecule has 1 aliphatic rings. The lowest BCUT2D eigenvalue weighted by Crippen LogP contribution is -2.28. The molecule has 0 saturated heterocycles. The molecular weight excluding hydrogens is 447 g/mol. The molecule has 0 spiro atoms. The first-order valence-corrected chi connectivity index (χ1v) is 10.8. The fraction of sp³-hybridized carbons (Fsp3) is 0.292. The fourth-order valence-electron chi connectivity index (χ4n) is 4.10. The molecule has 0 aliphatic heterocycles. The van der Waals surface area contributed by atoms with Crippen LogP contribution in [0.5, 0.6) is 0 Å². The molecule has 1 aliphatic carbocycles. The standard InChI is InChI=1S/C24H24ClFN4O3/c1-13-8-17(29-12-16(25)11-27)9-14(2)21(13)22-19(31)10-15(23(22)32)6-7-28-24(33)18-4-3-5-20(26)30-18/h3-5,8-9,11-12,15,22,27,29H,6-7,10H2,1-2H3,(H,28,33)/b16-12+,27-11?. The van der Waals surface area contributed by atoms with E-state index in [1.54, 1.807) is 0 Å². The number of aromatic nitrogens is 1. The Hall–Kier alpha value is -3.39. The molecule has 3 N–H and O–H groups in total. The molecule has 1 aromatic carbocycles. The molecule has 7 nitrogen and oxygen atoms in total. The maximum atomic E-state index is 13.2. The number of anilines is 1. The van der Waals surface area contributed by atoms with Gasteiger partial charge < -0.3 is 16.0 Å². The highest BCUT2D eigenvalue weighted by Gasteiger charge is 2.42. The van der Waals surface area contributed by atoms with Gasteiger partial charge in [0.15, 0.2) is 5.78 Å². The molecule has 2 aromatic rings. The van der Waals surface area contributed by atoms with Crippen molar-refractivity contribution in [2.45, 2.75) is 32.6 Å². The highest BCUT2D eigenvalue weighted by molar-refractivity contribution is 6.39. The Balaban J connectivity index is 1.67. The van der Waals surface area contributed by atoms with E-state index in [1.807, 2.05) is 26.0 Å². The number of halogens is 2. The average Bonchev–Trinajstić information content (AvgIpc) is 3.05. The van der Waals surface area contributed by atoms with E-state index in [0.29, 0.717) is 12.0 Å². The lowest BCUT2D eigenvalue weighted by Gasteiger charge is -2.17. The summed E-state index contributed by atoms with van der Waals surface area (Å²) in [4.78, 5) is 41.5. The fourth-order valence-corrected chi connectivity index (χ4v) is 4.15. The van der Waals surface area contributed by atoms with E-state index < -0.39 is 23.7 Å². The molecule has 172 valence electrons. The second kappa shape index (κ2) is 10.5. The van der Waals surface area contributed by atoms with Gasteiger partial charge in [0.2, 0.25) is 5.95 Å². The van der Waals surface area contributed by atoms with Crippen molar-refractivity contribution in [1.29, 1.82) is 5.41 Å². The normalized spacial score (nSPS) is 18.4. The third-order valence-electron chi connectivity index (χ3n) is 5.58. The smallest absolute Gasteiger partial charge is 0.269 e. The second-order valence-corrected chi connectivity index (χ2v) is 8.37. The molecule has 1 heterocycles. The summed E-state index contributed by atoms with van der Waals surface area (Å²) in [6.07, 6.45) is 2.93. The molecule has 0 bridgehead atoms. The monoisotopic (exact) mass is 470 g/mol. The molecule has 2 unspecified atom stereocenters. The number of ketones is 2. The zero-order valence-electron chi connectivity index (χ0n) is 18.2. The van der Waals surface area contributed by atoms with Crippen LogP contribution < -0.4 is 10.6 Å². The van der Waals surface area contributed by atoms with Gasteiger partial charge in [0, 0.05) is 37.0 Å². The van der Waals surface area contributed by atoms with Crippen LogP contribution in [-0.2, 0) is 9.59 Å². The Morgan fingerprint density at radius 3 is 2.61 bits per heavy atom. The number of nitrogens with one attached hydrogen (secondary N) is 3. The zero-order chi connectivity index (χ0) is 24.1. The van der Waals surface area contributed by atoms with Crippen molar-refractivity contribution in [3.05, 3.63) is 69.9 Å². The minimum absolute atomic E-state index is 0.0431. The van der Waals surface area contributed by atoms with Crippen LogP contribution in [0.3, 0.4) is 0 Å². The quantitative estimate of drug-likeness (QED) is 0.306. The van der Waals surface area contributed by atoms with Crippen molar-refractivity contribution in [3.8, 4) is 0 Å². The molecule has 0 radical (unpaired) electrons. The maximum absolute atomic E-state index is 13.2. The number of aryl methyl sites for hydroxylation is 2. The lowest BCUT2D eigenvalue weighted by molar-refractivity contribution is -0.124. The number of benzene rings is 1. The minimum atomic E-state index is -0.828. The lowest BCUT2D eigenvalue weighted by atomic mass is 9.87. The molecule has 1 saturated carbocycles. The van der Waals surface area contributed by atoms with Gasteiger partial charge in [0.25, 0.3) is 5.91 Å². The predicted molar refractivity (Wildman–Crippen MR) is 124 cm³/mol. The zero-order valence-corrected chi connectivity index (χ0v) is 19.0. The first kappa shape index (κ1) is 24.3. The van der Waals surface area contributed by atoms with Crippen LogP contribution in [0.15, 0.2) is 41.6 Å². The molecule has 33 heavy (non-hydrogen) atoms. The predicted octanol–water partition coefficient (Wildman–Crippen LogP) is 4.04. The number of hydrogen-bond donors (Lipinski definition) is 3. The molecule has 3 rings (SSSR count). The van der Waals surface area contributed by atoms with Gasteiger partial charge in [0.05, 0.1) is 5.03 Å². The number of rotatable bonds is 8. The van der Waals surface area contributed by atoms with Crippen molar-refractivity contribution < 1.29 is 18.8 Å². The average molecular weight is 471 g/mol. The van der Waals surface area contributed by atoms with Crippen molar-refractivity contribution in [3.63, 3.8) is 0 Å². The Labute approximate surface area is 195 Å². The van der Waals surface area contributed by atoms with Gasteiger partial charge in [-0.15, -0.1) is 0 Å². The van der Waals surface area contributed by atoms with Crippen LogP contribution in [-0.4, -0.2) is 35.2 Å². The molecule has 1 amide bonds. The van der Waals surface area contributed by atoms with Crippen LogP contribution >= 0.6 is 11.6 Å². The number of carbonyl (C=O) groups is 3. The SMILES string of the molecule is Cc1cc(N/C=C(/Cl)C=N)cc(C)c1C1C(=O)CC(CCNC(=O)c2cccc(F)n2)C1=O. The van der Waals surface area contributed by atoms with E-state index in [2.05, 4.69) is 15.6 Å². The van der Waals surface area contributed by atoms with Crippen molar-refractivity contribution in [2.75, 3.05) is 11.9 Å². The second-order valence-electron chi connectivity index (χ2n) is 7.93. The van der Waals surface area contributed by atoms with E-state index in [0.717, 1.165) is 29.1 Å². The van der Waals surface area contributed by atoms with Crippen LogP contribution in [0, 0.1) is 31.1 Å². The first-order valence-electron chi connectivity index (χ1n) is 10.4. The Morgan fingerprint density at radius 1 is 1.27 bits per heavy atom. The minimum Gasteiger partial charge on any atom is -0.360 e. The summed E-state index contributed by atoms with van der Waals surface area (Å²) in [5.74, 6) is -2.89. The van der Waals surface area contributed by atoms with Crippen LogP contribution in [0.4, 0.5) is 10.1 Å². The van der Waals surface area contributed by atoms with E-state index in [9.17, 15) is 18.8 Å².